The van der Waals surface area contributed by atoms with Crippen LogP contribution in [0, 0.1) is 0 Å². The zero-order valence-electron chi connectivity index (χ0n) is 11.6. The van der Waals surface area contributed by atoms with Crippen molar-refractivity contribution in [3.05, 3.63) is 59.3 Å². The van der Waals surface area contributed by atoms with Crippen LogP contribution in [-0.4, -0.2) is 0 Å². The SMILES string of the molecule is C=C1CCCC(=C)C1=CCC1=C(C)C(=C)CCC1. The van der Waals surface area contributed by atoms with Crippen LogP contribution in [0.25, 0.3) is 0 Å². The fraction of sp³-hybridized carbons (Fsp3) is 0.444. The van der Waals surface area contributed by atoms with E-state index in [1.807, 2.05) is 0 Å². The largest absolute Gasteiger partial charge is 0.0956 e. The van der Waals surface area contributed by atoms with Crippen molar-refractivity contribution in [3.63, 3.8) is 0 Å². The third kappa shape index (κ3) is 2.75. The highest BCUT2D eigenvalue weighted by Gasteiger charge is 2.15. The van der Waals surface area contributed by atoms with Gasteiger partial charge in [0.25, 0.3) is 0 Å². The molecule has 0 aromatic carbocycles. The van der Waals surface area contributed by atoms with Gasteiger partial charge in [-0.15, -0.1) is 0 Å². The molecule has 0 N–H and O–H groups in total. The van der Waals surface area contributed by atoms with Crippen LogP contribution in [0.1, 0.15) is 51.9 Å². The van der Waals surface area contributed by atoms with Gasteiger partial charge in [-0.2, -0.15) is 0 Å². The Morgan fingerprint density at radius 2 is 1.44 bits per heavy atom. The minimum atomic E-state index is 1.05. The van der Waals surface area contributed by atoms with E-state index in [2.05, 4.69) is 32.7 Å². The summed E-state index contributed by atoms with van der Waals surface area (Å²) < 4.78 is 0. The van der Waals surface area contributed by atoms with Gasteiger partial charge in [0.2, 0.25) is 0 Å². The lowest BCUT2D eigenvalue weighted by Crippen LogP contribution is -2.03. The summed E-state index contributed by atoms with van der Waals surface area (Å²) in [5, 5.41) is 0. The molecular weight excluding hydrogens is 216 g/mol. The minimum absolute atomic E-state index is 1.05. The zero-order valence-corrected chi connectivity index (χ0v) is 11.6. The topological polar surface area (TPSA) is 0 Å². The van der Waals surface area contributed by atoms with Gasteiger partial charge < -0.3 is 0 Å². The van der Waals surface area contributed by atoms with Crippen LogP contribution < -0.4 is 0 Å². The summed E-state index contributed by atoms with van der Waals surface area (Å²) >= 11 is 0. The molecule has 0 aromatic heterocycles. The standard InChI is InChI=1S/C18H24/c1-13-7-6-10-17(16(13)4)11-12-18-14(2)8-5-9-15(18)3/h12H,1-3,5-11H2,4H3. The molecule has 0 nitrogen and oxygen atoms in total. The molecule has 0 saturated heterocycles. The van der Waals surface area contributed by atoms with Gasteiger partial charge in [0.1, 0.15) is 0 Å². The summed E-state index contributed by atoms with van der Waals surface area (Å²) in [5.74, 6) is 0. The van der Waals surface area contributed by atoms with Crippen LogP contribution in [0.5, 0.6) is 0 Å². The summed E-state index contributed by atoms with van der Waals surface area (Å²) in [6.45, 7) is 14.7. The summed E-state index contributed by atoms with van der Waals surface area (Å²) in [7, 11) is 0. The second-order valence-corrected chi connectivity index (χ2v) is 5.57. The summed E-state index contributed by atoms with van der Waals surface area (Å²) in [6, 6.07) is 0. The average molecular weight is 240 g/mol. The van der Waals surface area contributed by atoms with E-state index >= 15 is 0 Å². The number of hydrogen-bond acceptors (Lipinski definition) is 0. The maximum atomic E-state index is 4.18. The fourth-order valence-electron chi connectivity index (χ4n) is 2.94. The molecule has 0 radical (unpaired) electrons. The Balaban J connectivity index is 2.14. The quantitative estimate of drug-likeness (QED) is 0.584. The van der Waals surface area contributed by atoms with Gasteiger partial charge in [-0.25, -0.2) is 0 Å². The van der Waals surface area contributed by atoms with Crippen molar-refractivity contribution in [2.75, 3.05) is 0 Å². The van der Waals surface area contributed by atoms with Crippen molar-refractivity contribution >= 4 is 0 Å². The summed E-state index contributed by atoms with van der Waals surface area (Å²) in [5.41, 5.74) is 8.21. The summed E-state index contributed by atoms with van der Waals surface area (Å²) in [6.07, 6.45) is 10.5. The van der Waals surface area contributed by atoms with E-state index in [1.165, 1.54) is 53.5 Å². The molecule has 2 aliphatic rings. The van der Waals surface area contributed by atoms with Crippen molar-refractivity contribution in [3.8, 4) is 0 Å². The molecule has 18 heavy (non-hydrogen) atoms. The van der Waals surface area contributed by atoms with Crippen molar-refractivity contribution in [1.29, 1.82) is 0 Å². The molecule has 0 unspecified atom stereocenters. The predicted octanol–water partition coefficient (Wildman–Crippen LogP) is 5.66. The van der Waals surface area contributed by atoms with Gasteiger partial charge in [-0.1, -0.05) is 37.0 Å². The molecule has 96 valence electrons. The molecule has 2 aliphatic carbocycles. The molecule has 0 aromatic rings. The van der Waals surface area contributed by atoms with E-state index in [0.717, 1.165) is 19.3 Å². The van der Waals surface area contributed by atoms with Crippen molar-refractivity contribution in [1.82, 2.24) is 0 Å². The maximum absolute atomic E-state index is 4.18. The third-order valence-corrected chi connectivity index (χ3v) is 4.29. The Kier molecular flexibility index (Phi) is 4.06. The fourth-order valence-corrected chi connectivity index (χ4v) is 2.94. The Bertz CT molecular complexity index is 436. The van der Waals surface area contributed by atoms with Gasteiger partial charge in [0.15, 0.2) is 0 Å². The molecule has 0 heteroatoms. The van der Waals surface area contributed by atoms with Crippen molar-refractivity contribution < 1.29 is 0 Å². The molecule has 0 spiro atoms. The molecule has 1 saturated carbocycles. The Morgan fingerprint density at radius 1 is 0.889 bits per heavy atom. The summed E-state index contributed by atoms with van der Waals surface area (Å²) in [4.78, 5) is 0. The van der Waals surface area contributed by atoms with Crippen LogP contribution in [-0.2, 0) is 0 Å². The smallest absolute Gasteiger partial charge is 0.0124 e. The maximum Gasteiger partial charge on any atom is -0.0124 e. The minimum Gasteiger partial charge on any atom is -0.0956 e. The van der Waals surface area contributed by atoms with Crippen LogP contribution in [0.15, 0.2) is 59.3 Å². The zero-order chi connectivity index (χ0) is 13.1. The first-order valence-electron chi connectivity index (χ1n) is 7.03. The molecule has 0 bridgehead atoms. The van der Waals surface area contributed by atoms with E-state index in [1.54, 1.807) is 5.57 Å². The third-order valence-electron chi connectivity index (χ3n) is 4.29. The molecule has 0 heterocycles. The predicted molar refractivity (Wildman–Crippen MR) is 80.5 cm³/mol. The highest BCUT2D eigenvalue weighted by Crippen LogP contribution is 2.34. The van der Waals surface area contributed by atoms with Crippen molar-refractivity contribution in [2.45, 2.75) is 51.9 Å². The van der Waals surface area contributed by atoms with Gasteiger partial charge in [-0.3, -0.25) is 0 Å². The van der Waals surface area contributed by atoms with Crippen LogP contribution >= 0.6 is 0 Å². The number of rotatable bonds is 2. The molecule has 0 aliphatic heterocycles. The van der Waals surface area contributed by atoms with Gasteiger partial charge >= 0.3 is 0 Å². The lowest BCUT2D eigenvalue weighted by molar-refractivity contribution is 0.745. The van der Waals surface area contributed by atoms with Gasteiger partial charge in [0, 0.05) is 0 Å². The second-order valence-electron chi connectivity index (χ2n) is 5.57. The van der Waals surface area contributed by atoms with E-state index in [4.69, 9.17) is 0 Å². The lowest BCUT2D eigenvalue weighted by atomic mass is 9.83. The van der Waals surface area contributed by atoms with E-state index < -0.39 is 0 Å². The van der Waals surface area contributed by atoms with E-state index in [0.29, 0.717) is 0 Å². The van der Waals surface area contributed by atoms with Crippen LogP contribution in [0.4, 0.5) is 0 Å². The highest BCUT2D eigenvalue weighted by molar-refractivity contribution is 5.47. The lowest BCUT2D eigenvalue weighted by Gasteiger charge is -2.22. The Hall–Kier alpha value is -1.30. The monoisotopic (exact) mass is 240 g/mol. The van der Waals surface area contributed by atoms with Crippen LogP contribution in [0.3, 0.4) is 0 Å². The normalized spacial score (nSPS) is 21.6. The van der Waals surface area contributed by atoms with Crippen LogP contribution in [0.2, 0.25) is 0 Å². The molecule has 2 rings (SSSR count). The highest BCUT2D eigenvalue weighted by atomic mass is 14.2. The molecule has 0 amide bonds. The Morgan fingerprint density at radius 3 is 2.11 bits per heavy atom. The van der Waals surface area contributed by atoms with Gasteiger partial charge in [-0.05, 0) is 74.2 Å². The van der Waals surface area contributed by atoms with Crippen molar-refractivity contribution in [2.24, 2.45) is 0 Å². The number of hydrogen-bond donors (Lipinski definition) is 0. The van der Waals surface area contributed by atoms with Gasteiger partial charge in [0.05, 0.1) is 0 Å². The van der Waals surface area contributed by atoms with E-state index in [9.17, 15) is 0 Å². The molecule has 0 atom stereocenters. The first-order valence-corrected chi connectivity index (χ1v) is 7.03. The Labute approximate surface area is 111 Å². The van der Waals surface area contributed by atoms with E-state index in [-0.39, 0.29) is 0 Å². The average Bonchev–Trinajstić information content (AvgIpc) is 2.33. The first kappa shape index (κ1) is 13.1. The number of allylic oxidation sites excluding steroid dienone is 7. The molecular formula is C18H24. The second kappa shape index (κ2) is 5.56. The first-order chi connectivity index (χ1) is 8.59. The molecule has 1 fully saturated rings.